The summed E-state index contributed by atoms with van der Waals surface area (Å²) < 4.78 is 6.61. The lowest BCUT2D eigenvalue weighted by Crippen LogP contribution is -2.27. The number of thioether (sulfide) groups is 1. The molecule has 0 saturated heterocycles. The molecular formula is C26H31N3O4S. The van der Waals surface area contributed by atoms with Crippen molar-refractivity contribution in [3.63, 3.8) is 0 Å². The number of benzene rings is 2. The lowest BCUT2D eigenvalue weighted by molar-refractivity contribution is 0.0936. The van der Waals surface area contributed by atoms with E-state index in [2.05, 4.69) is 19.2 Å². The molecule has 0 aliphatic rings. The number of ketones is 1. The number of aryl methyl sites for hydroxylation is 1. The second-order valence-corrected chi connectivity index (χ2v) is 9.53. The first kappa shape index (κ1) is 25.6. The highest BCUT2D eigenvalue weighted by atomic mass is 32.2. The van der Waals surface area contributed by atoms with Crippen molar-refractivity contribution in [2.75, 3.05) is 26.0 Å². The van der Waals surface area contributed by atoms with Crippen molar-refractivity contribution in [2.24, 2.45) is 5.92 Å². The van der Waals surface area contributed by atoms with Crippen molar-refractivity contribution in [1.82, 2.24) is 14.9 Å². The van der Waals surface area contributed by atoms with Crippen LogP contribution in [0.1, 0.15) is 46.5 Å². The molecule has 7 nitrogen and oxygen atoms in total. The Kier molecular flexibility index (Phi) is 9.01. The van der Waals surface area contributed by atoms with E-state index in [0.717, 1.165) is 12.0 Å². The third-order valence-corrected chi connectivity index (χ3v) is 6.39. The number of aromatic nitrogens is 2. The zero-order valence-electron chi connectivity index (χ0n) is 20.1. The highest BCUT2D eigenvalue weighted by Gasteiger charge is 2.16. The Morgan fingerprint density at radius 3 is 2.50 bits per heavy atom. The van der Waals surface area contributed by atoms with Crippen LogP contribution in [0, 0.1) is 12.8 Å². The SMILES string of the molecule is COCCNC(=O)c1ccc2c(=O)n(CCC(C)C)c(SCC(=O)c3ccc(C)cc3)nc2c1. The lowest BCUT2D eigenvalue weighted by atomic mass is 10.1. The van der Waals surface area contributed by atoms with E-state index in [1.54, 1.807) is 29.9 Å². The second-order valence-electron chi connectivity index (χ2n) is 8.59. The molecule has 0 aliphatic heterocycles. The van der Waals surface area contributed by atoms with E-state index < -0.39 is 0 Å². The van der Waals surface area contributed by atoms with E-state index in [1.807, 2.05) is 31.2 Å². The van der Waals surface area contributed by atoms with Crippen molar-refractivity contribution in [3.05, 3.63) is 69.5 Å². The van der Waals surface area contributed by atoms with Gasteiger partial charge in [0.1, 0.15) is 0 Å². The maximum absolute atomic E-state index is 13.3. The Labute approximate surface area is 203 Å². The van der Waals surface area contributed by atoms with Crippen molar-refractivity contribution in [2.45, 2.75) is 38.9 Å². The molecule has 0 bridgehead atoms. The zero-order valence-corrected chi connectivity index (χ0v) is 20.9. The number of rotatable bonds is 11. The quantitative estimate of drug-likeness (QED) is 0.192. The van der Waals surface area contributed by atoms with Gasteiger partial charge in [-0.1, -0.05) is 55.4 Å². The Morgan fingerprint density at radius 1 is 1.12 bits per heavy atom. The highest BCUT2D eigenvalue weighted by Crippen LogP contribution is 2.21. The average Bonchev–Trinajstić information content (AvgIpc) is 2.82. The standard InChI is InChI=1S/C26H31N3O4S/c1-17(2)11-13-29-25(32)21-10-9-20(24(31)27-12-14-33-4)15-22(21)28-26(29)34-16-23(30)19-7-5-18(3)6-8-19/h5-10,15,17H,11-14,16H2,1-4H3,(H,27,31). The predicted molar refractivity (Wildman–Crippen MR) is 136 cm³/mol. The summed E-state index contributed by atoms with van der Waals surface area (Å²) in [6.07, 6.45) is 0.812. The molecule has 0 spiro atoms. The molecule has 8 heteroatoms. The van der Waals surface area contributed by atoms with E-state index in [0.29, 0.717) is 52.8 Å². The Balaban J connectivity index is 1.92. The van der Waals surface area contributed by atoms with Gasteiger partial charge in [-0.25, -0.2) is 4.98 Å². The first-order chi connectivity index (χ1) is 16.3. The Bertz CT molecular complexity index is 1220. The van der Waals surface area contributed by atoms with E-state index in [-0.39, 0.29) is 23.0 Å². The summed E-state index contributed by atoms with van der Waals surface area (Å²) in [5, 5.41) is 3.71. The van der Waals surface area contributed by atoms with Gasteiger partial charge in [0.2, 0.25) is 0 Å². The van der Waals surface area contributed by atoms with E-state index in [1.165, 1.54) is 11.8 Å². The molecule has 34 heavy (non-hydrogen) atoms. The normalized spacial score (nSPS) is 11.2. The van der Waals surface area contributed by atoms with Crippen LogP contribution in [0.4, 0.5) is 0 Å². The summed E-state index contributed by atoms with van der Waals surface area (Å²) in [6, 6.07) is 12.3. The summed E-state index contributed by atoms with van der Waals surface area (Å²) in [4.78, 5) is 43.2. The van der Waals surface area contributed by atoms with Crippen molar-refractivity contribution < 1.29 is 14.3 Å². The number of hydrogen-bond acceptors (Lipinski definition) is 6. The van der Waals surface area contributed by atoms with Crippen LogP contribution >= 0.6 is 11.8 Å². The predicted octanol–water partition coefficient (Wildman–Crippen LogP) is 4.10. The number of carbonyl (C=O) groups excluding carboxylic acids is 2. The van der Waals surface area contributed by atoms with Gasteiger partial charge < -0.3 is 10.1 Å². The van der Waals surface area contributed by atoms with Crippen LogP contribution in [0.15, 0.2) is 52.4 Å². The van der Waals surface area contributed by atoms with E-state index in [9.17, 15) is 14.4 Å². The van der Waals surface area contributed by atoms with Crippen LogP contribution in [-0.4, -0.2) is 47.3 Å². The molecule has 3 aromatic rings. The number of carbonyl (C=O) groups is 2. The Hall–Kier alpha value is -2.97. The number of fused-ring (bicyclic) bond motifs is 1. The molecule has 0 fully saturated rings. The first-order valence-corrected chi connectivity index (χ1v) is 12.3. The minimum atomic E-state index is -0.256. The largest absolute Gasteiger partial charge is 0.383 e. The number of methoxy groups -OCH3 is 1. The molecule has 0 radical (unpaired) electrons. The van der Waals surface area contributed by atoms with Gasteiger partial charge in [-0.15, -0.1) is 0 Å². The topological polar surface area (TPSA) is 90.3 Å². The molecule has 0 unspecified atom stereocenters. The smallest absolute Gasteiger partial charge is 0.262 e. The van der Waals surface area contributed by atoms with Gasteiger partial charge in [-0.2, -0.15) is 0 Å². The number of nitrogens with one attached hydrogen (secondary N) is 1. The fourth-order valence-corrected chi connectivity index (χ4v) is 4.28. The van der Waals surface area contributed by atoms with Crippen LogP contribution in [0.2, 0.25) is 0 Å². The molecule has 0 atom stereocenters. The number of hydrogen-bond donors (Lipinski definition) is 1. The number of Topliss-reactive ketones (excluding diaryl/α,β-unsaturated/α-hetero) is 1. The van der Waals surface area contributed by atoms with Gasteiger partial charge in [0.25, 0.3) is 11.5 Å². The molecule has 1 N–H and O–H groups in total. The van der Waals surface area contributed by atoms with Gasteiger partial charge in [0.05, 0.1) is 23.3 Å². The summed E-state index contributed by atoms with van der Waals surface area (Å²) in [5.74, 6) is 0.294. The molecule has 1 aromatic heterocycles. The van der Waals surface area contributed by atoms with Crippen molar-refractivity contribution in [1.29, 1.82) is 0 Å². The van der Waals surface area contributed by atoms with E-state index in [4.69, 9.17) is 9.72 Å². The molecular weight excluding hydrogens is 450 g/mol. The van der Waals surface area contributed by atoms with Crippen LogP contribution in [0.3, 0.4) is 0 Å². The van der Waals surface area contributed by atoms with Gasteiger partial charge in [-0.3, -0.25) is 19.0 Å². The molecule has 0 saturated carbocycles. The summed E-state index contributed by atoms with van der Waals surface area (Å²) in [5.41, 5.74) is 2.41. The minimum Gasteiger partial charge on any atom is -0.383 e. The molecule has 180 valence electrons. The fourth-order valence-electron chi connectivity index (χ4n) is 3.36. The maximum atomic E-state index is 13.3. The highest BCUT2D eigenvalue weighted by molar-refractivity contribution is 7.99. The fraction of sp³-hybridized carbons (Fsp3) is 0.385. The summed E-state index contributed by atoms with van der Waals surface area (Å²) >= 11 is 1.25. The average molecular weight is 482 g/mol. The van der Waals surface area contributed by atoms with Gasteiger partial charge >= 0.3 is 0 Å². The van der Waals surface area contributed by atoms with Crippen molar-refractivity contribution in [3.8, 4) is 0 Å². The summed E-state index contributed by atoms with van der Waals surface area (Å²) in [6.45, 7) is 7.48. The molecule has 1 amide bonds. The third kappa shape index (κ3) is 6.55. The van der Waals surface area contributed by atoms with Gasteiger partial charge in [-0.05, 0) is 37.5 Å². The number of nitrogens with zero attached hydrogens (tertiary/aromatic N) is 2. The van der Waals surface area contributed by atoms with Crippen molar-refractivity contribution >= 4 is 34.4 Å². The van der Waals surface area contributed by atoms with Crippen LogP contribution in [-0.2, 0) is 11.3 Å². The third-order valence-electron chi connectivity index (χ3n) is 5.41. The molecule has 3 rings (SSSR count). The van der Waals surface area contributed by atoms with Crippen LogP contribution in [0.5, 0.6) is 0 Å². The molecule has 1 heterocycles. The minimum absolute atomic E-state index is 0.0268. The van der Waals surface area contributed by atoms with E-state index >= 15 is 0 Å². The second kappa shape index (κ2) is 11.9. The van der Waals surface area contributed by atoms with Crippen LogP contribution < -0.4 is 10.9 Å². The number of amides is 1. The zero-order chi connectivity index (χ0) is 24.7. The lowest BCUT2D eigenvalue weighted by Gasteiger charge is -2.14. The molecule has 2 aromatic carbocycles. The van der Waals surface area contributed by atoms with Gasteiger partial charge in [0, 0.05) is 31.3 Å². The monoisotopic (exact) mass is 481 g/mol. The molecule has 0 aliphatic carbocycles. The van der Waals surface area contributed by atoms with Gasteiger partial charge in [0.15, 0.2) is 10.9 Å². The van der Waals surface area contributed by atoms with Crippen LogP contribution in [0.25, 0.3) is 10.9 Å². The summed E-state index contributed by atoms with van der Waals surface area (Å²) in [7, 11) is 1.57. The number of ether oxygens (including phenoxy) is 1. The first-order valence-electron chi connectivity index (χ1n) is 11.3. The Morgan fingerprint density at radius 2 is 1.82 bits per heavy atom. The maximum Gasteiger partial charge on any atom is 0.262 e.